The van der Waals surface area contributed by atoms with Crippen LogP contribution in [0.5, 0.6) is 5.75 Å². The highest BCUT2D eigenvalue weighted by Crippen LogP contribution is 2.23. The minimum atomic E-state index is 0.517. The summed E-state index contributed by atoms with van der Waals surface area (Å²) in [7, 11) is 1.69. The number of allylic oxidation sites excluding steroid dienone is 1. The molecule has 0 spiro atoms. The van der Waals surface area contributed by atoms with Crippen molar-refractivity contribution in [3.63, 3.8) is 0 Å². The number of methoxy groups -OCH3 is 1. The lowest BCUT2D eigenvalue weighted by molar-refractivity contribution is 0.413. The van der Waals surface area contributed by atoms with Gasteiger partial charge < -0.3 is 4.74 Å². The van der Waals surface area contributed by atoms with Crippen LogP contribution in [0.2, 0.25) is 0 Å². The summed E-state index contributed by atoms with van der Waals surface area (Å²) in [4.78, 5) is 6.27. The van der Waals surface area contributed by atoms with Crippen LogP contribution in [0.1, 0.15) is 68.0 Å². The average molecular weight is 412 g/mol. The van der Waals surface area contributed by atoms with Crippen LogP contribution >= 0.6 is 11.3 Å². The number of aromatic nitrogens is 5. The molecular weight excluding hydrogens is 382 g/mol. The normalized spacial score (nSPS) is 11.6. The Bertz CT molecular complexity index is 944. The van der Waals surface area contributed by atoms with Gasteiger partial charge in [0.15, 0.2) is 5.82 Å². The molecule has 3 rings (SSSR count). The molecule has 0 unspecified atom stereocenters. The summed E-state index contributed by atoms with van der Waals surface area (Å²) in [5, 5.41) is 16.0. The molecule has 0 aliphatic rings. The summed E-state index contributed by atoms with van der Waals surface area (Å²) in [6, 6.07) is 5.91. The van der Waals surface area contributed by atoms with E-state index in [4.69, 9.17) is 9.72 Å². The Morgan fingerprint density at radius 3 is 2.79 bits per heavy atom. The van der Waals surface area contributed by atoms with Crippen LogP contribution in [0.15, 0.2) is 29.7 Å². The number of ether oxygens (including phenoxy) is 1. The van der Waals surface area contributed by atoms with Gasteiger partial charge in [-0.2, -0.15) is 0 Å². The van der Waals surface area contributed by atoms with Crippen molar-refractivity contribution in [2.24, 2.45) is 0 Å². The molecule has 0 saturated carbocycles. The number of hydrogen-bond acceptors (Lipinski definition) is 6. The molecule has 2 heterocycles. The van der Waals surface area contributed by atoms with Crippen molar-refractivity contribution in [2.75, 3.05) is 7.11 Å². The minimum absolute atomic E-state index is 0.517. The van der Waals surface area contributed by atoms with Crippen LogP contribution in [0, 0.1) is 0 Å². The maximum Gasteiger partial charge on any atom is 0.174 e. The highest BCUT2D eigenvalue weighted by molar-refractivity contribution is 7.09. The number of aryl methyl sites for hydroxylation is 2. The molecule has 0 aliphatic carbocycles. The summed E-state index contributed by atoms with van der Waals surface area (Å²) >= 11 is 1.77. The van der Waals surface area contributed by atoms with E-state index in [-0.39, 0.29) is 0 Å². The van der Waals surface area contributed by atoms with E-state index in [2.05, 4.69) is 46.8 Å². The first-order valence-electron chi connectivity index (χ1n) is 10.2. The number of hydrogen-bond donors (Lipinski definition) is 0. The van der Waals surface area contributed by atoms with Crippen LogP contribution in [0.4, 0.5) is 0 Å². The second-order valence-electron chi connectivity index (χ2n) is 7.25. The lowest BCUT2D eigenvalue weighted by atomic mass is 10.1. The summed E-state index contributed by atoms with van der Waals surface area (Å²) < 4.78 is 5.50. The molecule has 154 valence electrons. The van der Waals surface area contributed by atoms with Crippen molar-refractivity contribution in [3.05, 3.63) is 51.7 Å². The van der Waals surface area contributed by atoms with E-state index in [1.165, 1.54) is 10.7 Å². The quantitative estimate of drug-likeness (QED) is 0.427. The Hall–Kier alpha value is -2.54. The minimum Gasteiger partial charge on any atom is -0.496 e. The predicted molar refractivity (Wildman–Crippen MR) is 118 cm³/mol. The summed E-state index contributed by atoms with van der Waals surface area (Å²) in [5.74, 6) is 2.09. The number of nitrogens with zero attached hydrogens (tertiary/aromatic N) is 5. The smallest absolute Gasteiger partial charge is 0.174 e. The van der Waals surface area contributed by atoms with Crippen molar-refractivity contribution in [1.82, 2.24) is 25.2 Å². The lowest BCUT2D eigenvalue weighted by Crippen LogP contribution is -2.00. The maximum absolute atomic E-state index is 5.50. The molecule has 0 bridgehead atoms. The lowest BCUT2D eigenvalue weighted by Gasteiger charge is -2.07. The van der Waals surface area contributed by atoms with E-state index in [1.807, 2.05) is 25.1 Å². The van der Waals surface area contributed by atoms with Gasteiger partial charge in [0.25, 0.3) is 0 Å². The fourth-order valence-corrected chi connectivity index (χ4v) is 3.82. The fraction of sp³-hybridized carbons (Fsp3) is 0.455. The van der Waals surface area contributed by atoms with E-state index >= 15 is 0 Å². The van der Waals surface area contributed by atoms with Gasteiger partial charge in [-0.15, -0.1) is 26.3 Å². The van der Waals surface area contributed by atoms with E-state index in [0.29, 0.717) is 5.92 Å². The van der Waals surface area contributed by atoms with Crippen molar-refractivity contribution < 1.29 is 4.74 Å². The third kappa shape index (κ3) is 5.73. The first-order chi connectivity index (χ1) is 14.1. The number of unbranched alkanes of at least 4 members (excludes halogenated alkanes) is 2. The predicted octanol–water partition coefficient (Wildman–Crippen LogP) is 5.24. The molecule has 29 heavy (non-hydrogen) atoms. The van der Waals surface area contributed by atoms with Gasteiger partial charge in [0.05, 0.1) is 23.5 Å². The van der Waals surface area contributed by atoms with Gasteiger partial charge >= 0.3 is 0 Å². The molecule has 1 aromatic carbocycles. The second-order valence-corrected chi connectivity index (χ2v) is 8.14. The molecule has 2 aromatic heterocycles. The van der Waals surface area contributed by atoms with Gasteiger partial charge in [-0.3, -0.25) is 0 Å². The Morgan fingerprint density at radius 2 is 2.10 bits per heavy atom. The van der Waals surface area contributed by atoms with Gasteiger partial charge in [0.2, 0.25) is 0 Å². The molecule has 6 nitrogen and oxygen atoms in total. The van der Waals surface area contributed by atoms with Crippen LogP contribution in [0.25, 0.3) is 11.8 Å². The topological polar surface area (TPSA) is 65.7 Å². The maximum atomic E-state index is 5.50. The number of rotatable bonds is 10. The van der Waals surface area contributed by atoms with Crippen molar-refractivity contribution >= 4 is 17.4 Å². The van der Waals surface area contributed by atoms with Gasteiger partial charge in [-0.25, -0.2) is 4.98 Å². The standard InChI is InChI=1S/C22H29N5OS/c1-5-21-24-26-27(25-21)19-12-13-20(28-4)17(14-19)10-8-6-7-9-11-18-15-29-22(23-18)16(2)3/h8,10,12-16H,5-7,9,11H2,1-4H3/b10-8+. The molecule has 0 aliphatic heterocycles. The van der Waals surface area contributed by atoms with Crippen LogP contribution in [-0.4, -0.2) is 32.3 Å². The third-order valence-corrected chi connectivity index (χ3v) is 5.82. The Balaban J connectivity index is 1.55. The van der Waals surface area contributed by atoms with Gasteiger partial charge in [-0.1, -0.05) is 32.9 Å². The third-order valence-electron chi connectivity index (χ3n) is 4.63. The van der Waals surface area contributed by atoms with Crippen LogP contribution < -0.4 is 4.74 Å². The first kappa shape index (κ1) is 21.2. The highest BCUT2D eigenvalue weighted by Gasteiger charge is 2.07. The highest BCUT2D eigenvalue weighted by atomic mass is 32.1. The van der Waals surface area contributed by atoms with Crippen LogP contribution in [0.3, 0.4) is 0 Å². The molecule has 0 atom stereocenters. The molecule has 3 aromatic rings. The Morgan fingerprint density at radius 1 is 1.24 bits per heavy atom. The number of benzene rings is 1. The molecular formula is C22H29N5OS. The zero-order valence-electron chi connectivity index (χ0n) is 17.6. The molecule has 0 fully saturated rings. The van der Waals surface area contributed by atoms with Gasteiger partial charge in [-0.05, 0) is 49.1 Å². The average Bonchev–Trinajstić information content (AvgIpc) is 3.40. The van der Waals surface area contributed by atoms with Crippen molar-refractivity contribution in [3.8, 4) is 11.4 Å². The second kappa shape index (κ2) is 10.3. The SMILES string of the molecule is CCc1nnn(-c2ccc(OC)c(/C=C/CCCCc3csc(C(C)C)n3)c2)n1. The molecule has 0 amide bonds. The Kier molecular flexibility index (Phi) is 7.52. The number of thiazole rings is 1. The van der Waals surface area contributed by atoms with Crippen molar-refractivity contribution in [1.29, 1.82) is 0 Å². The zero-order valence-corrected chi connectivity index (χ0v) is 18.4. The van der Waals surface area contributed by atoms with Crippen molar-refractivity contribution in [2.45, 2.75) is 58.8 Å². The van der Waals surface area contributed by atoms with Gasteiger partial charge in [0, 0.05) is 23.3 Å². The first-order valence-corrected chi connectivity index (χ1v) is 11.1. The van der Waals surface area contributed by atoms with Crippen LogP contribution in [-0.2, 0) is 12.8 Å². The molecule has 0 radical (unpaired) electrons. The van der Waals surface area contributed by atoms with E-state index in [1.54, 1.807) is 23.2 Å². The summed E-state index contributed by atoms with van der Waals surface area (Å²) in [5.41, 5.74) is 3.12. The molecule has 0 saturated heterocycles. The monoisotopic (exact) mass is 411 g/mol. The fourth-order valence-electron chi connectivity index (χ4n) is 2.95. The molecule has 0 N–H and O–H groups in total. The van der Waals surface area contributed by atoms with E-state index in [9.17, 15) is 0 Å². The van der Waals surface area contributed by atoms with Gasteiger partial charge in [0.1, 0.15) is 5.75 Å². The summed E-state index contributed by atoms with van der Waals surface area (Å²) in [6.07, 6.45) is 9.43. The molecule has 7 heteroatoms. The van der Waals surface area contributed by atoms with E-state index in [0.717, 1.165) is 54.9 Å². The van der Waals surface area contributed by atoms with E-state index < -0.39 is 0 Å². The zero-order chi connectivity index (χ0) is 20.6. The number of tetrazole rings is 1. The largest absolute Gasteiger partial charge is 0.496 e. The Labute approximate surface area is 176 Å². The summed E-state index contributed by atoms with van der Waals surface area (Å²) in [6.45, 7) is 6.40.